The Balaban J connectivity index is 1.43. The monoisotopic (exact) mass is 335 g/mol. The van der Waals surface area contributed by atoms with Crippen molar-refractivity contribution in [2.24, 2.45) is 5.92 Å². The summed E-state index contributed by atoms with van der Waals surface area (Å²) in [4.78, 5) is 27.2. The number of anilines is 1. The number of hydrogen-bond acceptors (Lipinski definition) is 6. The van der Waals surface area contributed by atoms with Gasteiger partial charge in [0.25, 0.3) is 0 Å². The molecule has 3 aliphatic rings. The van der Waals surface area contributed by atoms with Gasteiger partial charge in [0.2, 0.25) is 11.9 Å². The molecule has 3 fully saturated rings. The van der Waals surface area contributed by atoms with Crippen LogP contribution in [0.4, 0.5) is 10.3 Å². The molecule has 0 saturated carbocycles. The topological polar surface area (TPSA) is 61.8 Å². The Morgan fingerprint density at radius 1 is 1.21 bits per heavy atom. The molecule has 8 heteroatoms. The number of likely N-dealkylation sites (N-methyl/N-ethyl adjacent to an activating group) is 1. The molecule has 0 radical (unpaired) electrons. The minimum absolute atomic E-state index is 0.0128. The van der Waals surface area contributed by atoms with Gasteiger partial charge in [-0.05, 0) is 13.5 Å². The number of fused-ring (bicyclic) bond motifs is 2. The predicted octanol–water partition coefficient (Wildman–Crippen LogP) is -0.0166. The molecule has 24 heavy (non-hydrogen) atoms. The Morgan fingerprint density at radius 2 is 1.92 bits per heavy atom. The van der Waals surface area contributed by atoms with Gasteiger partial charge in [-0.3, -0.25) is 4.79 Å². The number of ether oxygens (including phenoxy) is 1. The van der Waals surface area contributed by atoms with E-state index in [1.807, 2.05) is 9.80 Å². The minimum Gasteiger partial charge on any atom is -0.370 e. The van der Waals surface area contributed by atoms with E-state index in [-0.39, 0.29) is 24.0 Å². The summed E-state index contributed by atoms with van der Waals surface area (Å²) in [5, 5.41) is 0. The molecule has 0 spiro atoms. The molecule has 4 heterocycles. The van der Waals surface area contributed by atoms with Gasteiger partial charge < -0.3 is 19.4 Å². The first-order valence-corrected chi connectivity index (χ1v) is 8.45. The summed E-state index contributed by atoms with van der Waals surface area (Å²) >= 11 is 0. The number of carbonyl (C=O) groups excluding carboxylic acids is 1. The molecule has 4 rings (SSSR count). The van der Waals surface area contributed by atoms with Gasteiger partial charge in [-0.1, -0.05) is 0 Å². The van der Waals surface area contributed by atoms with Crippen LogP contribution in [-0.2, 0) is 9.53 Å². The third-order valence-corrected chi connectivity index (χ3v) is 5.18. The van der Waals surface area contributed by atoms with E-state index < -0.39 is 5.82 Å². The van der Waals surface area contributed by atoms with Crippen molar-refractivity contribution in [2.75, 3.05) is 51.2 Å². The molecule has 3 aliphatic heterocycles. The van der Waals surface area contributed by atoms with Gasteiger partial charge in [0.05, 0.1) is 30.5 Å². The molecule has 1 amide bonds. The SMILES string of the molecule is CN1CCN(C(=O)C2CC3CN(c4ncc(F)cn4)CC2O3)CC1. The van der Waals surface area contributed by atoms with Crippen LogP contribution in [0.1, 0.15) is 6.42 Å². The maximum Gasteiger partial charge on any atom is 0.228 e. The van der Waals surface area contributed by atoms with Crippen molar-refractivity contribution in [1.82, 2.24) is 19.8 Å². The Kier molecular flexibility index (Phi) is 4.09. The Labute approximate surface area is 140 Å². The van der Waals surface area contributed by atoms with E-state index in [0.717, 1.165) is 32.6 Å². The number of aromatic nitrogens is 2. The first-order valence-electron chi connectivity index (χ1n) is 8.45. The number of morpholine rings is 1. The summed E-state index contributed by atoms with van der Waals surface area (Å²) in [7, 11) is 2.08. The number of hydrogen-bond donors (Lipinski definition) is 0. The Morgan fingerprint density at radius 3 is 2.62 bits per heavy atom. The molecule has 3 unspecified atom stereocenters. The van der Waals surface area contributed by atoms with Crippen LogP contribution in [-0.4, -0.2) is 84.2 Å². The largest absolute Gasteiger partial charge is 0.370 e. The minimum atomic E-state index is -0.446. The highest BCUT2D eigenvalue weighted by Gasteiger charge is 2.46. The van der Waals surface area contributed by atoms with E-state index in [1.54, 1.807) is 0 Å². The van der Waals surface area contributed by atoms with Crippen molar-refractivity contribution in [1.29, 1.82) is 0 Å². The number of amides is 1. The van der Waals surface area contributed by atoms with Gasteiger partial charge >= 0.3 is 0 Å². The van der Waals surface area contributed by atoms with Crippen molar-refractivity contribution in [3.8, 4) is 0 Å². The van der Waals surface area contributed by atoms with E-state index >= 15 is 0 Å². The zero-order valence-corrected chi connectivity index (χ0v) is 13.8. The van der Waals surface area contributed by atoms with E-state index in [0.29, 0.717) is 19.0 Å². The fourth-order valence-corrected chi connectivity index (χ4v) is 3.81. The quantitative estimate of drug-likeness (QED) is 0.757. The first kappa shape index (κ1) is 15.7. The predicted molar refractivity (Wildman–Crippen MR) is 85.0 cm³/mol. The standard InChI is InChI=1S/C16H22FN5O2/c1-20-2-4-21(5-3-20)15(23)13-6-12-9-22(10-14(13)24-12)16-18-7-11(17)8-19-16/h7-8,12-14H,2-6,9-10H2,1H3. The van der Waals surface area contributed by atoms with E-state index in [4.69, 9.17) is 4.74 Å². The summed E-state index contributed by atoms with van der Waals surface area (Å²) in [6, 6.07) is 0. The molecule has 0 aliphatic carbocycles. The number of carbonyl (C=O) groups is 1. The lowest BCUT2D eigenvalue weighted by Gasteiger charge is -2.36. The number of nitrogens with zero attached hydrogens (tertiary/aromatic N) is 5. The third-order valence-electron chi connectivity index (χ3n) is 5.18. The summed E-state index contributed by atoms with van der Waals surface area (Å²) in [5.41, 5.74) is 0. The van der Waals surface area contributed by atoms with Gasteiger partial charge in [-0.2, -0.15) is 0 Å². The van der Waals surface area contributed by atoms with Crippen molar-refractivity contribution in [3.05, 3.63) is 18.2 Å². The number of halogens is 1. The zero-order valence-electron chi connectivity index (χ0n) is 13.8. The highest BCUT2D eigenvalue weighted by molar-refractivity contribution is 5.80. The van der Waals surface area contributed by atoms with Crippen LogP contribution in [0.25, 0.3) is 0 Å². The average Bonchev–Trinajstić information content (AvgIpc) is 2.89. The molecule has 3 saturated heterocycles. The molecule has 1 aromatic heterocycles. The molecule has 1 aromatic rings. The number of piperazine rings is 1. The van der Waals surface area contributed by atoms with Crippen molar-refractivity contribution in [2.45, 2.75) is 18.6 Å². The van der Waals surface area contributed by atoms with Gasteiger partial charge in [0, 0.05) is 39.3 Å². The maximum absolute atomic E-state index is 13.0. The molecule has 2 bridgehead atoms. The highest BCUT2D eigenvalue weighted by Crippen LogP contribution is 2.34. The van der Waals surface area contributed by atoms with E-state index in [1.165, 1.54) is 12.4 Å². The van der Waals surface area contributed by atoms with Crippen LogP contribution in [0.15, 0.2) is 12.4 Å². The van der Waals surface area contributed by atoms with Crippen LogP contribution in [0.3, 0.4) is 0 Å². The van der Waals surface area contributed by atoms with E-state index in [9.17, 15) is 9.18 Å². The second-order valence-corrected chi connectivity index (χ2v) is 6.87. The molecule has 0 aromatic carbocycles. The van der Waals surface area contributed by atoms with Gasteiger partial charge in [0.1, 0.15) is 0 Å². The summed E-state index contributed by atoms with van der Waals surface area (Å²) in [6.07, 6.45) is 2.97. The molecular formula is C16H22FN5O2. The fourth-order valence-electron chi connectivity index (χ4n) is 3.81. The van der Waals surface area contributed by atoms with Gasteiger partial charge in [-0.15, -0.1) is 0 Å². The Hall–Kier alpha value is -1.80. The molecule has 0 N–H and O–H groups in total. The van der Waals surface area contributed by atoms with Crippen molar-refractivity contribution in [3.63, 3.8) is 0 Å². The van der Waals surface area contributed by atoms with Crippen molar-refractivity contribution >= 4 is 11.9 Å². The van der Waals surface area contributed by atoms with Crippen LogP contribution in [0, 0.1) is 11.7 Å². The lowest BCUT2D eigenvalue weighted by molar-refractivity contribution is -0.139. The molecular weight excluding hydrogens is 313 g/mol. The summed E-state index contributed by atoms with van der Waals surface area (Å²) < 4.78 is 19.0. The van der Waals surface area contributed by atoms with Crippen LogP contribution < -0.4 is 4.90 Å². The van der Waals surface area contributed by atoms with Crippen LogP contribution >= 0.6 is 0 Å². The van der Waals surface area contributed by atoms with E-state index in [2.05, 4.69) is 21.9 Å². The highest BCUT2D eigenvalue weighted by atomic mass is 19.1. The molecule has 3 atom stereocenters. The summed E-state index contributed by atoms with van der Waals surface area (Å²) in [5.74, 6) is 0.168. The lowest BCUT2D eigenvalue weighted by atomic mass is 9.98. The molecule has 7 nitrogen and oxygen atoms in total. The normalized spacial score (nSPS) is 30.7. The lowest BCUT2D eigenvalue weighted by Crippen LogP contribution is -2.51. The van der Waals surface area contributed by atoms with Crippen molar-refractivity contribution < 1.29 is 13.9 Å². The van der Waals surface area contributed by atoms with Crippen LogP contribution in [0.2, 0.25) is 0 Å². The molecule has 130 valence electrons. The van der Waals surface area contributed by atoms with Gasteiger partial charge in [0.15, 0.2) is 5.82 Å². The fraction of sp³-hybridized carbons (Fsp3) is 0.688. The Bertz CT molecular complexity index is 605. The van der Waals surface area contributed by atoms with Gasteiger partial charge in [-0.25, -0.2) is 14.4 Å². The van der Waals surface area contributed by atoms with Crippen LogP contribution in [0.5, 0.6) is 0 Å². The second kappa shape index (κ2) is 6.25. The second-order valence-electron chi connectivity index (χ2n) is 6.87. The number of rotatable bonds is 2. The maximum atomic E-state index is 13.0. The zero-order chi connectivity index (χ0) is 16.7. The summed E-state index contributed by atoms with van der Waals surface area (Å²) in [6.45, 7) is 4.63. The smallest absolute Gasteiger partial charge is 0.228 e. The average molecular weight is 335 g/mol. The first-order chi connectivity index (χ1) is 11.6. The third kappa shape index (κ3) is 2.95.